The van der Waals surface area contributed by atoms with E-state index in [1.54, 1.807) is 30.3 Å². The Morgan fingerprint density at radius 2 is 1.86 bits per heavy atom. The molecule has 0 aromatic heterocycles. The van der Waals surface area contributed by atoms with Gasteiger partial charge < -0.3 is 15.2 Å². The zero-order chi connectivity index (χ0) is 16.8. The Bertz CT molecular complexity index is 505. The molecule has 0 saturated carbocycles. The lowest BCUT2D eigenvalue weighted by molar-refractivity contribution is -0.174. The number of nitrogens with one attached hydrogen (secondary N) is 1. The van der Waals surface area contributed by atoms with E-state index in [2.05, 4.69) is 0 Å². The van der Waals surface area contributed by atoms with E-state index in [-0.39, 0.29) is 6.61 Å². The van der Waals surface area contributed by atoms with E-state index in [0.717, 1.165) is 6.92 Å². The number of hydrogen-bond acceptors (Lipinski definition) is 3. The Balaban J connectivity index is 2.52. The topological polar surface area (TPSA) is 75.6 Å². The number of amides is 1. The molecule has 2 atom stereocenters. The van der Waals surface area contributed by atoms with E-state index >= 15 is 0 Å². The van der Waals surface area contributed by atoms with E-state index in [4.69, 9.17) is 9.84 Å². The molecule has 0 fully saturated rings. The number of hydrogen-bond donors (Lipinski definition) is 2. The van der Waals surface area contributed by atoms with Gasteiger partial charge in [-0.1, -0.05) is 37.3 Å². The third-order valence-corrected chi connectivity index (χ3v) is 2.95. The number of alkyl halides is 3. The summed E-state index contributed by atoms with van der Waals surface area (Å²) in [6, 6.07) is 6.92. The van der Waals surface area contributed by atoms with Crippen LogP contribution < -0.4 is 5.32 Å². The second-order valence-corrected chi connectivity index (χ2v) is 4.78. The molecule has 0 radical (unpaired) electrons. The molecule has 122 valence electrons. The van der Waals surface area contributed by atoms with E-state index in [1.807, 2.05) is 5.32 Å². The highest BCUT2D eigenvalue weighted by Gasteiger charge is 2.39. The van der Waals surface area contributed by atoms with E-state index in [1.165, 1.54) is 0 Å². The van der Waals surface area contributed by atoms with Gasteiger partial charge >= 0.3 is 18.2 Å². The molecule has 1 aromatic rings. The number of halogens is 3. The summed E-state index contributed by atoms with van der Waals surface area (Å²) in [6.45, 7) is 0.751. The largest absolute Gasteiger partial charge is 0.480 e. The van der Waals surface area contributed by atoms with Gasteiger partial charge in [-0.25, -0.2) is 9.59 Å². The van der Waals surface area contributed by atoms with Crippen molar-refractivity contribution >= 4 is 12.1 Å². The fourth-order valence-electron chi connectivity index (χ4n) is 1.62. The second-order valence-electron chi connectivity index (χ2n) is 4.78. The fraction of sp³-hybridized carbons (Fsp3) is 0.429. The highest BCUT2D eigenvalue weighted by Crippen LogP contribution is 2.29. The molecule has 0 bridgehead atoms. The van der Waals surface area contributed by atoms with Crippen LogP contribution in [0.15, 0.2) is 30.3 Å². The predicted molar refractivity (Wildman–Crippen MR) is 71.0 cm³/mol. The third-order valence-electron chi connectivity index (χ3n) is 2.95. The lowest BCUT2D eigenvalue weighted by atomic mass is 10.0. The first-order chi connectivity index (χ1) is 10.2. The molecular formula is C14H16F3NO4. The number of aliphatic carboxylic acids is 1. The first-order valence-electron chi connectivity index (χ1n) is 6.47. The monoisotopic (exact) mass is 319 g/mol. The zero-order valence-corrected chi connectivity index (χ0v) is 11.8. The van der Waals surface area contributed by atoms with Crippen molar-refractivity contribution in [1.82, 2.24) is 5.32 Å². The first-order valence-corrected chi connectivity index (χ1v) is 6.47. The standard InChI is InChI=1S/C14H16F3NO4/c1-9(14(15,16)17)7-11(12(19)20)18-13(21)22-8-10-5-3-2-4-6-10/h2-6,9,11H,7-8H2,1H3,(H,18,21)(H,19,20)/t9-,11?/m1/s1. The van der Waals surface area contributed by atoms with E-state index < -0.39 is 36.6 Å². The van der Waals surface area contributed by atoms with Crippen LogP contribution in [0, 0.1) is 5.92 Å². The van der Waals surface area contributed by atoms with Crippen LogP contribution in [-0.4, -0.2) is 29.4 Å². The van der Waals surface area contributed by atoms with Gasteiger partial charge in [-0.05, 0) is 12.0 Å². The van der Waals surface area contributed by atoms with Gasteiger partial charge in [0.2, 0.25) is 0 Å². The van der Waals surface area contributed by atoms with Crippen LogP contribution in [0.5, 0.6) is 0 Å². The number of rotatable bonds is 6. The summed E-state index contributed by atoms with van der Waals surface area (Å²) in [4.78, 5) is 22.4. The fourth-order valence-corrected chi connectivity index (χ4v) is 1.62. The molecule has 0 spiro atoms. The third kappa shape index (κ3) is 6.02. The van der Waals surface area contributed by atoms with Crippen molar-refractivity contribution in [1.29, 1.82) is 0 Å². The van der Waals surface area contributed by atoms with Gasteiger partial charge in [0.05, 0.1) is 5.92 Å². The number of ether oxygens (including phenoxy) is 1. The molecule has 8 heteroatoms. The SMILES string of the molecule is C[C@H](CC(NC(=O)OCc1ccccc1)C(=O)O)C(F)(F)F. The molecule has 1 unspecified atom stereocenters. The minimum absolute atomic E-state index is 0.103. The maximum atomic E-state index is 12.4. The van der Waals surface area contributed by atoms with Gasteiger partial charge in [-0.3, -0.25) is 0 Å². The molecule has 5 nitrogen and oxygen atoms in total. The van der Waals surface area contributed by atoms with Crippen LogP contribution in [-0.2, 0) is 16.1 Å². The van der Waals surface area contributed by atoms with Crippen LogP contribution in [0.3, 0.4) is 0 Å². The minimum Gasteiger partial charge on any atom is -0.480 e. The van der Waals surface area contributed by atoms with Crippen molar-refractivity contribution in [3.63, 3.8) is 0 Å². The smallest absolute Gasteiger partial charge is 0.408 e. The second kappa shape index (κ2) is 7.67. The molecule has 0 aliphatic heterocycles. The van der Waals surface area contributed by atoms with Crippen molar-refractivity contribution < 1.29 is 32.6 Å². The molecule has 1 aromatic carbocycles. The first kappa shape index (κ1) is 17.8. The summed E-state index contributed by atoms with van der Waals surface area (Å²) in [5, 5.41) is 10.8. The molecule has 2 N–H and O–H groups in total. The van der Waals surface area contributed by atoms with Gasteiger partial charge in [-0.15, -0.1) is 0 Å². The van der Waals surface area contributed by atoms with Crippen molar-refractivity contribution in [2.24, 2.45) is 5.92 Å². The summed E-state index contributed by atoms with van der Waals surface area (Å²) in [6.07, 6.45) is -6.37. The Hall–Kier alpha value is -2.25. The Morgan fingerprint density at radius 3 is 2.36 bits per heavy atom. The molecule has 0 saturated heterocycles. The van der Waals surface area contributed by atoms with Crippen LogP contribution in [0.1, 0.15) is 18.9 Å². The van der Waals surface area contributed by atoms with E-state index in [0.29, 0.717) is 5.56 Å². The van der Waals surface area contributed by atoms with Crippen LogP contribution in [0.4, 0.5) is 18.0 Å². The maximum absolute atomic E-state index is 12.4. The van der Waals surface area contributed by atoms with Crippen LogP contribution >= 0.6 is 0 Å². The summed E-state index contributed by atoms with van der Waals surface area (Å²) in [5.74, 6) is -3.41. The summed E-state index contributed by atoms with van der Waals surface area (Å²) in [7, 11) is 0. The number of carbonyl (C=O) groups excluding carboxylic acids is 1. The van der Waals surface area contributed by atoms with Crippen molar-refractivity contribution in [3.05, 3.63) is 35.9 Å². The lowest BCUT2D eigenvalue weighted by Gasteiger charge is -2.20. The van der Waals surface area contributed by atoms with E-state index in [9.17, 15) is 22.8 Å². The van der Waals surface area contributed by atoms with Gasteiger partial charge in [-0.2, -0.15) is 13.2 Å². The highest BCUT2D eigenvalue weighted by molar-refractivity contribution is 5.79. The number of benzene rings is 1. The van der Waals surface area contributed by atoms with Crippen LogP contribution in [0.25, 0.3) is 0 Å². The van der Waals surface area contributed by atoms with Crippen LogP contribution in [0.2, 0.25) is 0 Å². The number of carboxylic acids is 1. The summed E-state index contributed by atoms with van der Waals surface area (Å²) >= 11 is 0. The molecule has 1 rings (SSSR count). The highest BCUT2D eigenvalue weighted by atomic mass is 19.4. The minimum atomic E-state index is -4.52. The molecule has 1 amide bonds. The van der Waals surface area contributed by atoms with Gasteiger partial charge in [0, 0.05) is 0 Å². The molecule has 0 heterocycles. The number of carboxylic acid groups (broad SMARTS) is 1. The molecular weight excluding hydrogens is 303 g/mol. The van der Waals surface area contributed by atoms with Crippen molar-refractivity contribution in [2.45, 2.75) is 32.2 Å². The normalized spacial score (nSPS) is 14.0. The average Bonchev–Trinajstić information content (AvgIpc) is 2.44. The molecule has 0 aliphatic rings. The Labute approximate surface area is 125 Å². The average molecular weight is 319 g/mol. The quantitative estimate of drug-likeness (QED) is 0.845. The zero-order valence-electron chi connectivity index (χ0n) is 11.8. The van der Waals surface area contributed by atoms with Crippen molar-refractivity contribution in [3.8, 4) is 0 Å². The predicted octanol–water partition coefficient (Wildman–Crippen LogP) is 2.95. The Morgan fingerprint density at radius 1 is 1.27 bits per heavy atom. The Kier molecular flexibility index (Phi) is 6.21. The summed E-state index contributed by atoms with van der Waals surface area (Å²) in [5.41, 5.74) is 0.674. The molecule has 22 heavy (non-hydrogen) atoms. The molecule has 0 aliphatic carbocycles. The van der Waals surface area contributed by atoms with Gasteiger partial charge in [0.1, 0.15) is 12.6 Å². The number of carbonyl (C=O) groups is 2. The summed E-state index contributed by atoms with van der Waals surface area (Å²) < 4.78 is 42.1. The van der Waals surface area contributed by atoms with Gasteiger partial charge in [0.25, 0.3) is 0 Å². The number of alkyl carbamates (subject to hydrolysis) is 1. The maximum Gasteiger partial charge on any atom is 0.408 e. The van der Waals surface area contributed by atoms with Gasteiger partial charge in [0.15, 0.2) is 0 Å². The van der Waals surface area contributed by atoms with Crippen molar-refractivity contribution in [2.75, 3.05) is 0 Å². The lowest BCUT2D eigenvalue weighted by Crippen LogP contribution is -2.43.